The van der Waals surface area contributed by atoms with Crippen molar-refractivity contribution in [3.8, 4) is 0 Å². The zero-order valence-corrected chi connectivity index (χ0v) is 11.7. The average Bonchev–Trinajstić information content (AvgIpc) is 2.91. The van der Waals surface area contributed by atoms with E-state index in [-0.39, 0.29) is 6.04 Å². The number of halogens is 2. The molecule has 0 fully saturated rings. The van der Waals surface area contributed by atoms with Crippen LogP contribution in [0, 0.1) is 11.6 Å². The highest BCUT2D eigenvalue weighted by atomic mass is 19.1. The van der Waals surface area contributed by atoms with E-state index in [1.807, 2.05) is 6.20 Å². The molecule has 21 heavy (non-hydrogen) atoms. The van der Waals surface area contributed by atoms with Gasteiger partial charge in [-0.05, 0) is 24.1 Å². The van der Waals surface area contributed by atoms with Crippen LogP contribution in [0.1, 0.15) is 23.9 Å². The molecule has 1 aromatic carbocycles. The maximum absolute atomic E-state index is 13.2. The normalized spacial score (nSPS) is 16.7. The topological polar surface area (TPSA) is 47.1 Å². The van der Waals surface area contributed by atoms with E-state index in [4.69, 9.17) is 5.73 Å². The lowest BCUT2D eigenvalue weighted by Crippen LogP contribution is -2.35. The van der Waals surface area contributed by atoms with Gasteiger partial charge in [-0.3, -0.25) is 4.90 Å². The largest absolute Gasteiger partial charge is 0.333 e. The monoisotopic (exact) mass is 292 g/mol. The Morgan fingerprint density at radius 1 is 1.19 bits per heavy atom. The fourth-order valence-electron chi connectivity index (χ4n) is 2.69. The van der Waals surface area contributed by atoms with Gasteiger partial charge in [0.05, 0.1) is 6.54 Å². The summed E-state index contributed by atoms with van der Waals surface area (Å²) in [4.78, 5) is 6.57. The van der Waals surface area contributed by atoms with E-state index >= 15 is 0 Å². The van der Waals surface area contributed by atoms with Gasteiger partial charge >= 0.3 is 0 Å². The minimum atomic E-state index is -0.583. The Morgan fingerprint density at radius 3 is 2.71 bits per heavy atom. The molecule has 112 valence electrons. The Balaban J connectivity index is 1.58. The lowest BCUT2D eigenvalue weighted by molar-refractivity contribution is 0.210. The molecular formula is C15H18F2N4. The van der Waals surface area contributed by atoms with E-state index in [9.17, 15) is 8.78 Å². The van der Waals surface area contributed by atoms with E-state index < -0.39 is 11.6 Å². The van der Waals surface area contributed by atoms with Crippen LogP contribution < -0.4 is 5.73 Å². The van der Waals surface area contributed by atoms with Crippen molar-refractivity contribution in [2.45, 2.75) is 25.6 Å². The van der Waals surface area contributed by atoms with Crippen LogP contribution in [0.4, 0.5) is 8.78 Å². The van der Waals surface area contributed by atoms with E-state index in [1.165, 1.54) is 12.1 Å². The van der Waals surface area contributed by atoms with Gasteiger partial charge < -0.3 is 10.3 Å². The number of imidazole rings is 1. The predicted octanol–water partition coefficient (Wildman–Crippen LogP) is 2.07. The minimum absolute atomic E-state index is 0.364. The van der Waals surface area contributed by atoms with E-state index in [0.717, 1.165) is 38.1 Å². The highest BCUT2D eigenvalue weighted by Crippen LogP contribution is 2.19. The maximum Gasteiger partial charge on any atom is 0.126 e. The molecule has 2 aromatic rings. The van der Waals surface area contributed by atoms with Crippen molar-refractivity contribution in [1.29, 1.82) is 0 Å². The molecule has 2 N–H and O–H groups in total. The molecule has 3 rings (SSSR count). The summed E-state index contributed by atoms with van der Waals surface area (Å²) in [6, 6.07) is 3.10. The van der Waals surface area contributed by atoms with Crippen molar-refractivity contribution < 1.29 is 8.78 Å². The van der Waals surface area contributed by atoms with Crippen molar-refractivity contribution in [1.82, 2.24) is 14.5 Å². The zero-order chi connectivity index (χ0) is 14.8. The number of hydrogen-bond donors (Lipinski definition) is 1. The number of benzene rings is 1. The second-order valence-electron chi connectivity index (χ2n) is 5.41. The van der Waals surface area contributed by atoms with Gasteiger partial charge in [-0.25, -0.2) is 13.8 Å². The fraction of sp³-hybridized carbons (Fsp3) is 0.400. The smallest absolute Gasteiger partial charge is 0.126 e. The summed E-state index contributed by atoms with van der Waals surface area (Å²) in [5, 5.41) is 0. The Hall–Kier alpha value is -1.79. The molecule has 0 bridgehead atoms. The van der Waals surface area contributed by atoms with Crippen LogP contribution in [0.5, 0.6) is 0 Å². The minimum Gasteiger partial charge on any atom is -0.333 e. The SMILES string of the molecule is NC(CCN1CCn2ccnc2C1)c1cc(F)cc(F)c1. The summed E-state index contributed by atoms with van der Waals surface area (Å²) in [7, 11) is 0. The molecule has 0 amide bonds. The summed E-state index contributed by atoms with van der Waals surface area (Å²) in [6.45, 7) is 3.43. The molecule has 6 heteroatoms. The second-order valence-corrected chi connectivity index (χ2v) is 5.41. The Morgan fingerprint density at radius 2 is 1.95 bits per heavy atom. The van der Waals surface area contributed by atoms with Gasteiger partial charge in [-0.15, -0.1) is 0 Å². The third kappa shape index (κ3) is 3.28. The van der Waals surface area contributed by atoms with Crippen LogP contribution in [0.15, 0.2) is 30.6 Å². The summed E-state index contributed by atoms with van der Waals surface area (Å²) in [6.07, 6.45) is 4.44. The number of fused-ring (bicyclic) bond motifs is 1. The van der Waals surface area contributed by atoms with Crippen LogP contribution in [0.3, 0.4) is 0 Å². The number of aromatic nitrogens is 2. The molecule has 4 nitrogen and oxygen atoms in total. The van der Waals surface area contributed by atoms with Crippen LogP contribution in [-0.4, -0.2) is 27.5 Å². The van der Waals surface area contributed by atoms with Crippen LogP contribution in [0.25, 0.3) is 0 Å². The lowest BCUT2D eigenvalue weighted by atomic mass is 10.0. The van der Waals surface area contributed by atoms with Crippen molar-refractivity contribution in [3.63, 3.8) is 0 Å². The van der Waals surface area contributed by atoms with Gasteiger partial charge in [0.1, 0.15) is 17.5 Å². The average molecular weight is 292 g/mol. The summed E-state index contributed by atoms with van der Waals surface area (Å²) in [5.74, 6) is -0.118. The lowest BCUT2D eigenvalue weighted by Gasteiger charge is -2.28. The number of rotatable bonds is 4. The van der Waals surface area contributed by atoms with Crippen molar-refractivity contribution in [2.24, 2.45) is 5.73 Å². The highest BCUT2D eigenvalue weighted by Gasteiger charge is 2.17. The van der Waals surface area contributed by atoms with Crippen LogP contribution in [0.2, 0.25) is 0 Å². The third-order valence-electron chi connectivity index (χ3n) is 3.89. The molecular weight excluding hydrogens is 274 g/mol. The van der Waals surface area contributed by atoms with Gasteiger partial charge in [0, 0.05) is 44.1 Å². The summed E-state index contributed by atoms with van der Waals surface area (Å²) in [5.41, 5.74) is 6.55. The number of hydrogen-bond acceptors (Lipinski definition) is 3. The molecule has 0 saturated heterocycles. The Kier molecular flexibility index (Phi) is 3.98. The molecule has 0 spiro atoms. The zero-order valence-electron chi connectivity index (χ0n) is 11.7. The van der Waals surface area contributed by atoms with Gasteiger partial charge in [0.25, 0.3) is 0 Å². The molecule has 1 atom stereocenters. The molecule has 1 aliphatic heterocycles. The molecule has 0 aliphatic carbocycles. The number of nitrogens with zero attached hydrogens (tertiary/aromatic N) is 3. The van der Waals surface area contributed by atoms with Crippen molar-refractivity contribution >= 4 is 0 Å². The van der Waals surface area contributed by atoms with Gasteiger partial charge in [-0.1, -0.05) is 0 Å². The highest BCUT2D eigenvalue weighted by molar-refractivity contribution is 5.21. The van der Waals surface area contributed by atoms with Crippen LogP contribution >= 0.6 is 0 Å². The summed E-state index contributed by atoms with van der Waals surface area (Å²) < 4.78 is 28.5. The standard InChI is InChI=1S/C15H18F2N4/c16-12-7-11(8-13(17)9-12)14(18)1-3-20-5-6-21-4-2-19-15(21)10-20/h2,4,7-9,14H,1,3,5-6,10,18H2. The van der Waals surface area contributed by atoms with E-state index in [2.05, 4.69) is 14.5 Å². The molecule has 1 aliphatic rings. The van der Waals surface area contributed by atoms with E-state index in [1.54, 1.807) is 6.20 Å². The first kappa shape index (κ1) is 14.2. The van der Waals surface area contributed by atoms with E-state index in [0.29, 0.717) is 12.0 Å². The first-order valence-electron chi connectivity index (χ1n) is 7.06. The molecule has 1 unspecified atom stereocenters. The quantitative estimate of drug-likeness (QED) is 0.938. The Labute approximate surface area is 122 Å². The van der Waals surface area contributed by atoms with Gasteiger partial charge in [0.15, 0.2) is 0 Å². The molecule has 0 radical (unpaired) electrons. The van der Waals surface area contributed by atoms with Crippen LogP contribution in [-0.2, 0) is 13.1 Å². The Bertz CT molecular complexity index is 606. The van der Waals surface area contributed by atoms with Crippen molar-refractivity contribution in [2.75, 3.05) is 13.1 Å². The van der Waals surface area contributed by atoms with Gasteiger partial charge in [-0.2, -0.15) is 0 Å². The van der Waals surface area contributed by atoms with Gasteiger partial charge in [0.2, 0.25) is 0 Å². The molecule has 1 aromatic heterocycles. The van der Waals surface area contributed by atoms with Crippen molar-refractivity contribution in [3.05, 3.63) is 53.6 Å². The first-order valence-corrected chi connectivity index (χ1v) is 7.06. The summed E-state index contributed by atoms with van der Waals surface area (Å²) >= 11 is 0. The second kappa shape index (κ2) is 5.91. The fourth-order valence-corrected chi connectivity index (χ4v) is 2.69. The molecule has 0 saturated carbocycles. The predicted molar refractivity (Wildman–Crippen MR) is 75.4 cm³/mol. The molecule has 2 heterocycles. The third-order valence-corrected chi connectivity index (χ3v) is 3.89. The maximum atomic E-state index is 13.2. The first-order chi connectivity index (χ1) is 10.1. The number of nitrogens with two attached hydrogens (primary N) is 1.